The van der Waals surface area contributed by atoms with Gasteiger partial charge in [0.1, 0.15) is 12.3 Å². The van der Waals surface area contributed by atoms with Crippen molar-refractivity contribution in [2.75, 3.05) is 0 Å². The van der Waals surface area contributed by atoms with Crippen molar-refractivity contribution in [1.82, 2.24) is 0 Å². The summed E-state index contributed by atoms with van der Waals surface area (Å²) in [6.07, 6.45) is 4.03. The van der Waals surface area contributed by atoms with Crippen molar-refractivity contribution in [1.29, 1.82) is 0 Å². The van der Waals surface area contributed by atoms with Gasteiger partial charge in [-0.3, -0.25) is 0 Å². The van der Waals surface area contributed by atoms with Gasteiger partial charge in [0.25, 0.3) is 0 Å². The molecule has 0 bridgehead atoms. The first-order chi connectivity index (χ1) is 7.59. The number of halogens is 2. The minimum absolute atomic E-state index is 0. The summed E-state index contributed by atoms with van der Waals surface area (Å²) in [4.78, 5) is 0. The lowest BCUT2D eigenvalue weighted by atomic mass is 9.68. The van der Waals surface area contributed by atoms with Crippen LogP contribution in [0.15, 0.2) is 0 Å². The fourth-order valence-electron chi connectivity index (χ4n) is 3.53. The predicted octanol–water partition coefficient (Wildman–Crippen LogP) is 3.52. The molecule has 19 heavy (non-hydrogen) atoms. The van der Waals surface area contributed by atoms with Gasteiger partial charge in [-0.05, 0) is 49.4 Å². The average molecular weight is 282 g/mol. The van der Waals surface area contributed by atoms with Crippen LogP contribution in [-0.2, 0) is 0 Å². The monoisotopic (exact) mass is 282 g/mol. The molecule has 4 N–H and O–H groups in total. The molecule has 2 nitrogen and oxygen atoms in total. The zero-order valence-corrected chi connectivity index (χ0v) is 11.5. The van der Waals surface area contributed by atoms with E-state index in [2.05, 4.69) is 6.92 Å². The van der Waals surface area contributed by atoms with Gasteiger partial charge >= 0.3 is 0 Å². The van der Waals surface area contributed by atoms with Crippen molar-refractivity contribution in [3.8, 4) is 0 Å². The molecule has 0 heterocycles. The molecular weight excluding hydrogens is 250 g/mol. The Bertz CT molecular complexity index is 230. The number of hydrogen-bond donors (Lipinski definition) is 0. The molecule has 118 valence electrons. The van der Waals surface area contributed by atoms with Crippen LogP contribution >= 0.6 is 0 Å². The Hall–Kier alpha value is -0.220. The van der Waals surface area contributed by atoms with Crippen LogP contribution in [0.1, 0.15) is 59.8 Å². The molecule has 0 saturated heterocycles. The second kappa shape index (κ2) is 8.85. The Labute approximate surface area is 116 Å². The first-order valence-electron chi connectivity index (χ1n) is 6.87. The van der Waals surface area contributed by atoms with Gasteiger partial charge in [-0.25, -0.2) is 8.78 Å². The van der Waals surface area contributed by atoms with Gasteiger partial charge in [-0.1, -0.05) is 34.1 Å². The van der Waals surface area contributed by atoms with Crippen molar-refractivity contribution < 1.29 is 19.7 Å². The van der Waals surface area contributed by atoms with Crippen LogP contribution in [0.4, 0.5) is 8.78 Å². The van der Waals surface area contributed by atoms with Crippen LogP contribution in [0.2, 0.25) is 0 Å². The molecule has 4 heteroatoms. The largest absolute Gasteiger partial charge is 0.412 e. The summed E-state index contributed by atoms with van der Waals surface area (Å²) in [5.74, 6) is 1.18. The smallest absolute Gasteiger partial charge is 0.134 e. The summed E-state index contributed by atoms with van der Waals surface area (Å²) in [5, 5.41) is 0. The minimum atomic E-state index is -1.21. The third-order valence-electron chi connectivity index (χ3n) is 4.88. The Morgan fingerprint density at radius 1 is 0.737 bits per heavy atom. The molecule has 0 aromatic rings. The maximum Gasteiger partial charge on any atom is 0.134 e. The molecule has 2 aliphatic carbocycles. The quantitative estimate of drug-likeness (QED) is 0.706. The van der Waals surface area contributed by atoms with Crippen LogP contribution in [-0.4, -0.2) is 23.3 Å². The Morgan fingerprint density at radius 3 is 1.79 bits per heavy atom. The molecule has 2 saturated carbocycles. The molecular formula is C15H32F2O2. The maximum atomic E-state index is 14.0. The van der Waals surface area contributed by atoms with Crippen LogP contribution in [0, 0.1) is 23.7 Å². The SMILES string of the molecule is C.CC1CCC(C2CCC(C)C(F)C2F)CC1.O.O. The first kappa shape index (κ1) is 21.1. The lowest BCUT2D eigenvalue weighted by molar-refractivity contribution is -0.00577. The van der Waals surface area contributed by atoms with E-state index in [-0.39, 0.29) is 30.2 Å². The second-order valence-electron chi connectivity index (χ2n) is 6.13. The van der Waals surface area contributed by atoms with E-state index in [0.29, 0.717) is 5.92 Å². The van der Waals surface area contributed by atoms with Gasteiger partial charge in [0.15, 0.2) is 0 Å². The molecule has 0 aromatic carbocycles. The van der Waals surface area contributed by atoms with Gasteiger partial charge < -0.3 is 11.0 Å². The third-order valence-corrected chi connectivity index (χ3v) is 4.88. The summed E-state index contributed by atoms with van der Waals surface area (Å²) in [6.45, 7) is 4.11. The highest BCUT2D eigenvalue weighted by Crippen LogP contribution is 2.43. The third kappa shape index (κ3) is 4.67. The van der Waals surface area contributed by atoms with Crippen molar-refractivity contribution in [2.24, 2.45) is 23.7 Å². The molecule has 4 unspecified atom stereocenters. The molecule has 0 aromatic heterocycles. The van der Waals surface area contributed by atoms with E-state index in [1.165, 1.54) is 12.8 Å². The molecule has 0 radical (unpaired) electrons. The second-order valence-corrected chi connectivity index (χ2v) is 6.13. The van der Waals surface area contributed by atoms with Gasteiger partial charge in [0.05, 0.1) is 0 Å². The van der Waals surface area contributed by atoms with E-state index in [9.17, 15) is 8.78 Å². The van der Waals surface area contributed by atoms with E-state index in [0.717, 1.165) is 31.6 Å². The molecule has 4 atom stereocenters. The summed E-state index contributed by atoms with van der Waals surface area (Å²) >= 11 is 0. The van der Waals surface area contributed by atoms with Crippen molar-refractivity contribution >= 4 is 0 Å². The topological polar surface area (TPSA) is 63.0 Å². The fourth-order valence-corrected chi connectivity index (χ4v) is 3.53. The summed E-state index contributed by atoms with van der Waals surface area (Å²) < 4.78 is 27.7. The predicted molar refractivity (Wildman–Crippen MR) is 76.8 cm³/mol. The van der Waals surface area contributed by atoms with E-state index in [1.807, 2.05) is 6.92 Å². The van der Waals surface area contributed by atoms with Gasteiger partial charge in [0.2, 0.25) is 0 Å². The van der Waals surface area contributed by atoms with Crippen molar-refractivity contribution in [2.45, 2.75) is 72.1 Å². The van der Waals surface area contributed by atoms with Gasteiger partial charge in [0, 0.05) is 0 Å². The Morgan fingerprint density at radius 2 is 1.26 bits per heavy atom. The molecule has 0 amide bonds. The van der Waals surface area contributed by atoms with Gasteiger partial charge in [-0.15, -0.1) is 0 Å². The van der Waals surface area contributed by atoms with E-state index in [4.69, 9.17) is 0 Å². The molecule has 0 spiro atoms. The fraction of sp³-hybridized carbons (Fsp3) is 1.00. The maximum absolute atomic E-state index is 14.0. The normalized spacial score (nSPS) is 42.3. The number of hydrogen-bond acceptors (Lipinski definition) is 0. The highest BCUT2D eigenvalue weighted by molar-refractivity contribution is 4.90. The minimum Gasteiger partial charge on any atom is -0.412 e. The lowest BCUT2D eigenvalue weighted by Gasteiger charge is -2.40. The summed E-state index contributed by atoms with van der Waals surface area (Å²) in [6, 6.07) is 0. The zero-order valence-electron chi connectivity index (χ0n) is 11.5. The standard InChI is InChI=1S/C14H24F2.CH4.2H2O/c1-9-3-6-11(7-4-9)12-8-5-10(2)13(15)14(12)16;;;/h9-14H,3-8H2,1-2H3;1H4;2*1H2. The Balaban J connectivity index is 0. The summed E-state index contributed by atoms with van der Waals surface area (Å²) in [5.41, 5.74) is 0. The highest BCUT2D eigenvalue weighted by atomic mass is 19.2. The average Bonchev–Trinajstić information content (AvgIpc) is 2.28. The first-order valence-corrected chi connectivity index (χ1v) is 6.87. The van der Waals surface area contributed by atoms with Gasteiger partial charge in [-0.2, -0.15) is 0 Å². The van der Waals surface area contributed by atoms with Crippen molar-refractivity contribution in [3.05, 3.63) is 0 Å². The summed E-state index contributed by atoms with van der Waals surface area (Å²) in [7, 11) is 0. The van der Waals surface area contributed by atoms with E-state index >= 15 is 0 Å². The van der Waals surface area contributed by atoms with Crippen LogP contribution in [0.5, 0.6) is 0 Å². The number of alkyl halides is 2. The zero-order chi connectivity index (χ0) is 11.7. The molecule has 2 fully saturated rings. The molecule has 2 aliphatic rings. The van der Waals surface area contributed by atoms with Crippen LogP contribution in [0.25, 0.3) is 0 Å². The number of rotatable bonds is 1. The Kier molecular flexibility index (Phi) is 9.82. The van der Waals surface area contributed by atoms with E-state index in [1.54, 1.807) is 0 Å². The van der Waals surface area contributed by atoms with E-state index < -0.39 is 12.3 Å². The van der Waals surface area contributed by atoms with Crippen LogP contribution < -0.4 is 0 Å². The lowest BCUT2D eigenvalue weighted by Crippen LogP contribution is -2.41. The van der Waals surface area contributed by atoms with Crippen LogP contribution in [0.3, 0.4) is 0 Å². The molecule has 0 aliphatic heterocycles. The van der Waals surface area contributed by atoms with Crippen molar-refractivity contribution in [3.63, 3.8) is 0 Å². The molecule has 2 rings (SSSR count). The highest BCUT2D eigenvalue weighted by Gasteiger charge is 2.42.